The lowest BCUT2D eigenvalue weighted by Gasteiger charge is -2.22. The molecule has 88 valence electrons. The molecule has 0 bridgehead atoms. The fraction of sp³-hybridized carbons (Fsp3) is 0.429. The van der Waals surface area contributed by atoms with E-state index in [1.165, 1.54) is 12.1 Å². The molecule has 0 saturated heterocycles. The SMILES string of the molecule is C[C@H]1C[Si]2(C[C@H](C)c3sccc32)c2ccsc21. The standard InChI is InChI=1S/C14H16S2Si/c1-9-7-17(11-3-5-15-13(9)11)8-10(2)14-12(17)4-6-16-14/h3-6,9-10H,7-8H2,1-2H3/t9-,10-,17?/m0/s1. The van der Waals surface area contributed by atoms with Crippen LogP contribution in [-0.4, -0.2) is 8.07 Å². The topological polar surface area (TPSA) is 0 Å². The van der Waals surface area contributed by atoms with Crippen molar-refractivity contribution >= 4 is 41.1 Å². The van der Waals surface area contributed by atoms with E-state index in [0.29, 0.717) is 0 Å². The summed E-state index contributed by atoms with van der Waals surface area (Å²) < 4.78 is 0. The molecule has 2 aliphatic heterocycles. The van der Waals surface area contributed by atoms with Crippen LogP contribution < -0.4 is 10.4 Å². The molecule has 0 aliphatic carbocycles. The first-order valence-electron chi connectivity index (χ1n) is 6.38. The van der Waals surface area contributed by atoms with Gasteiger partial charge in [-0.05, 0) is 45.1 Å². The minimum atomic E-state index is -1.31. The molecule has 17 heavy (non-hydrogen) atoms. The monoisotopic (exact) mass is 276 g/mol. The van der Waals surface area contributed by atoms with Gasteiger partial charge in [0.2, 0.25) is 0 Å². The van der Waals surface area contributed by atoms with E-state index in [1.807, 2.05) is 22.7 Å². The number of hydrogen-bond acceptors (Lipinski definition) is 2. The molecule has 2 aromatic rings. The van der Waals surface area contributed by atoms with Gasteiger partial charge in [-0.2, -0.15) is 0 Å². The first kappa shape index (κ1) is 10.5. The second-order valence-electron chi connectivity index (χ2n) is 5.69. The van der Waals surface area contributed by atoms with Crippen molar-refractivity contribution < 1.29 is 0 Å². The molecule has 2 aliphatic rings. The highest BCUT2D eigenvalue weighted by molar-refractivity contribution is 7.19. The van der Waals surface area contributed by atoms with Crippen molar-refractivity contribution in [1.82, 2.24) is 0 Å². The molecule has 0 aromatic carbocycles. The molecule has 0 nitrogen and oxygen atoms in total. The van der Waals surface area contributed by atoms with Crippen LogP contribution in [0.5, 0.6) is 0 Å². The normalized spacial score (nSPS) is 28.6. The van der Waals surface area contributed by atoms with Gasteiger partial charge in [0.25, 0.3) is 0 Å². The van der Waals surface area contributed by atoms with Crippen molar-refractivity contribution in [2.75, 3.05) is 0 Å². The van der Waals surface area contributed by atoms with E-state index in [2.05, 4.69) is 36.7 Å². The second kappa shape index (κ2) is 3.34. The second-order valence-corrected chi connectivity index (χ2v) is 11.6. The van der Waals surface area contributed by atoms with Crippen LogP contribution in [0.3, 0.4) is 0 Å². The zero-order chi connectivity index (χ0) is 11.6. The Morgan fingerprint density at radius 2 is 1.41 bits per heavy atom. The Morgan fingerprint density at radius 3 is 1.88 bits per heavy atom. The van der Waals surface area contributed by atoms with Crippen molar-refractivity contribution in [1.29, 1.82) is 0 Å². The van der Waals surface area contributed by atoms with Crippen LogP contribution in [0.4, 0.5) is 0 Å². The third kappa shape index (κ3) is 1.18. The summed E-state index contributed by atoms with van der Waals surface area (Å²) >= 11 is 4.00. The van der Waals surface area contributed by atoms with Crippen LogP contribution in [0, 0.1) is 0 Å². The maximum Gasteiger partial charge on any atom is 0.122 e. The van der Waals surface area contributed by atoms with E-state index in [0.717, 1.165) is 11.8 Å². The highest BCUT2D eigenvalue weighted by atomic mass is 32.1. The van der Waals surface area contributed by atoms with Crippen LogP contribution in [0.25, 0.3) is 0 Å². The quantitative estimate of drug-likeness (QED) is 0.645. The zero-order valence-electron chi connectivity index (χ0n) is 10.2. The molecule has 3 heteroatoms. The summed E-state index contributed by atoms with van der Waals surface area (Å²) in [6.07, 6.45) is 0. The van der Waals surface area contributed by atoms with Crippen molar-refractivity contribution in [3.8, 4) is 0 Å². The van der Waals surface area contributed by atoms with Gasteiger partial charge in [-0.25, -0.2) is 0 Å². The Kier molecular flexibility index (Phi) is 2.07. The van der Waals surface area contributed by atoms with Gasteiger partial charge in [-0.1, -0.05) is 26.0 Å². The van der Waals surface area contributed by atoms with Gasteiger partial charge < -0.3 is 0 Å². The average Bonchev–Trinajstić information content (AvgIpc) is 2.99. The van der Waals surface area contributed by atoms with E-state index in [-0.39, 0.29) is 0 Å². The maximum atomic E-state index is 2.45. The van der Waals surface area contributed by atoms with Crippen LogP contribution in [0.2, 0.25) is 12.1 Å². The van der Waals surface area contributed by atoms with E-state index >= 15 is 0 Å². The maximum absolute atomic E-state index is 2.45. The molecule has 2 atom stereocenters. The Hall–Kier alpha value is -0.383. The number of thiophene rings is 2. The molecule has 1 spiro atoms. The smallest absolute Gasteiger partial charge is 0.122 e. The lowest BCUT2D eigenvalue weighted by Crippen LogP contribution is -2.52. The molecule has 0 N–H and O–H groups in total. The van der Waals surface area contributed by atoms with Gasteiger partial charge in [-0.3, -0.25) is 0 Å². The molecular weight excluding hydrogens is 260 g/mol. The number of hydrogen-bond donors (Lipinski definition) is 0. The van der Waals surface area contributed by atoms with Gasteiger partial charge in [0.1, 0.15) is 8.07 Å². The largest absolute Gasteiger partial charge is 0.149 e. The molecule has 4 rings (SSSR count). The fourth-order valence-corrected chi connectivity index (χ4v) is 14.0. The van der Waals surface area contributed by atoms with Gasteiger partial charge >= 0.3 is 0 Å². The van der Waals surface area contributed by atoms with E-state index < -0.39 is 8.07 Å². The summed E-state index contributed by atoms with van der Waals surface area (Å²) in [5.74, 6) is 1.63. The van der Waals surface area contributed by atoms with Gasteiger partial charge in [-0.15, -0.1) is 22.7 Å². The average molecular weight is 277 g/mol. The van der Waals surface area contributed by atoms with Crippen LogP contribution in [-0.2, 0) is 0 Å². The summed E-state index contributed by atoms with van der Waals surface area (Å²) in [5, 5.41) is 8.23. The Morgan fingerprint density at radius 1 is 0.941 bits per heavy atom. The van der Waals surface area contributed by atoms with Crippen LogP contribution in [0.1, 0.15) is 35.4 Å². The van der Waals surface area contributed by atoms with Crippen LogP contribution in [0.15, 0.2) is 22.9 Å². The Bertz CT molecular complexity index is 528. The predicted molar refractivity (Wildman–Crippen MR) is 80.1 cm³/mol. The molecule has 2 aromatic heterocycles. The summed E-state index contributed by atoms with van der Waals surface area (Å²) in [5.41, 5.74) is 0. The van der Waals surface area contributed by atoms with Crippen LogP contribution >= 0.6 is 22.7 Å². The van der Waals surface area contributed by atoms with Gasteiger partial charge in [0, 0.05) is 9.75 Å². The molecule has 0 fully saturated rings. The lowest BCUT2D eigenvalue weighted by atomic mass is 10.2. The van der Waals surface area contributed by atoms with Gasteiger partial charge in [0.05, 0.1) is 0 Å². The van der Waals surface area contributed by atoms with Crippen molar-refractivity contribution in [3.63, 3.8) is 0 Å². The third-order valence-electron chi connectivity index (χ3n) is 4.63. The molecule has 0 unspecified atom stereocenters. The summed E-state index contributed by atoms with van der Waals surface area (Å²) in [6, 6.07) is 7.86. The van der Waals surface area contributed by atoms with E-state index in [4.69, 9.17) is 0 Å². The van der Waals surface area contributed by atoms with Gasteiger partial charge in [0.15, 0.2) is 0 Å². The molecule has 0 radical (unpaired) electrons. The third-order valence-corrected chi connectivity index (χ3v) is 12.8. The van der Waals surface area contributed by atoms with Crippen molar-refractivity contribution in [2.45, 2.75) is 37.8 Å². The molecule has 0 amide bonds. The fourth-order valence-electron chi connectivity index (χ4n) is 4.09. The number of rotatable bonds is 0. The Balaban J connectivity index is 1.98. The predicted octanol–water partition coefficient (Wildman–Crippen LogP) is 3.61. The first-order valence-corrected chi connectivity index (χ1v) is 10.6. The minimum absolute atomic E-state index is 0.815. The van der Waals surface area contributed by atoms with Crippen molar-refractivity contribution in [3.05, 3.63) is 32.6 Å². The molecular formula is C14H16S2Si. The zero-order valence-corrected chi connectivity index (χ0v) is 12.8. The minimum Gasteiger partial charge on any atom is -0.149 e. The summed E-state index contributed by atoms with van der Waals surface area (Å²) in [7, 11) is -1.31. The van der Waals surface area contributed by atoms with Crippen molar-refractivity contribution in [2.24, 2.45) is 0 Å². The summed E-state index contributed by atoms with van der Waals surface area (Å²) in [4.78, 5) is 3.42. The van der Waals surface area contributed by atoms with E-state index in [1.54, 1.807) is 20.1 Å². The highest BCUT2D eigenvalue weighted by Crippen LogP contribution is 2.46. The molecule has 0 saturated carbocycles. The number of fused-ring (bicyclic) bond motifs is 4. The lowest BCUT2D eigenvalue weighted by molar-refractivity contribution is 0.869. The van der Waals surface area contributed by atoms with E-state index in [9.17, 15) is 0 Å². The Labute approximate surface area is 111 Å². The highest BCUT2D eigenvalue weighted by Gasteiger charge is 2.52. The summed E-state index contributed by atoms with van der Waals surface area (Å²) in [6.45, 7) is 4.87. The molecule has 4 heterocycles. The first-order chi connectivity index (χ1) is 8.22.